The molecule has 2 aromatic carbocycles. The van der Waals surface area contributed by atoms with Crippen LogP contribution in [0, 0.1) is 5.82 Å². The zero-order valence-electron chi connectivity index (χ0n) is 11.1. The fourth-order valence-corrected chi connectivity index (χ4v) is 2.16. The maximum Gasteiger partial charge on any atom is 0.161 e. The van der Waals surface area contributed by atoms with Gasteiger partial charge in [0.25, 0.3) is 0 Å². The number of halogens is 2. The SMILES string of the molecule is COc1ccc(C(O)c2cccc(F)c2Cl)cc1OC. The second kappa shape index (κ2) is 6.11. The van der Waals surface area contributed by atoms with Gasteiger partial charge < -0.3 is 14.6 Å². The van der Waals surface area contributed by atoms with Gasteiger partial charge in [-0.2, -0.15) is 0 Å². The number of hydrogen-bond acceptors (Lipinski definition) is 3. The molecule has 20 heavy (non-hydrogen) atoms. The lowest BCUT2D eigenvalue weighted by atomic mass is 10.0. The van der Waals surface area contributed by atoms with Gasteiger partial charge in [0.05, 0.1) is 19.2 Å². The molecule has 0 amide bonds. The molecule has 0 heterocycles. The van der Waals surface area contributed by atoms with Crippen LogP contribution in [0.3, 0.4) is 0 Å². The van der Waals surface area contributed by atoms with Gasteiger partial charge in [0.15, 0.2) is 11.5 Å². The molecule has 1 atom stereocenters. The number of benzene rings is 2. The first-order chi connectivity index (χ1) is 9.58. The highest BCUT2D eigenvalue weighted by atomic mass is 35.5. The molecule has 0 aromatic heterocycles. The van der Waals surface area contributed by atoms with Crippen molar-refractivity contribution in [3.63, 3.8) is 0 Å². The van der Waals surface area contributed by atoms with Crippen LogP contribution >= 0.6 is 11.6 Å². The minimum atomic E-state index is -1.04. The summed E-state index contributed by atoms with van der Waals surface area (Å²) in [5.41, 5.74) is 0.842. The van der Waals surface area contributed by atoms with Gasteiger partial charge in [-0.3, -0.25) is 0 Å². The van der Waals surface area contributed by atoms with Crippen LogP contribution in [0.15, 0.2) is 36.4 Å². The normalized spacial score (nSPS) is 12.1. The average Bonchev–Trinajstić information content (AvgIpc) is 2.48. The van der Waals surface area contributed by atoms with E-state index in [-0.39, 0.29) is 5.02 Å². The molecule has 0 spiro atoms. The van der Waals surface area contributed by atoms with Gasteiger partial charge in [-0.1, -0.05) is 29.8 Å². The Kier molecular flexibility index (Phi) is 4.47. The second-order valence-corrected chi connectivity index (χ2v) is 4.54. The quantitative estimate of drug-likeness (QED) is 0.937. The monoisotopic (exact) mass is 296 g/mol. The van der Waals surface area contributed by atoms with Crippen molar-refractivity contribution in [2.45, 2.75) is 6.10 Å². The first-order valence-electron chi connectivity index (χ1n) is 5.92. The van der Waals surface area contributed by atoms with Crippen molar-refractivity contribution in [1.82, 2.24) is 0 Å². The third-order valence-electron chi connectivity index (χ3n) is 3.00. The smallest absolute Gasteiger partial charge is 0.161 e. The van der Waals surface area contributed by atoms with E-state index in [1.807, 2.05) is 0 Å². The van der Waals surface area contributed by atoms with E-state index in [1.165, 1.54) is 26.4 Å². The van der Waals surface area contributed by atoms with Crippen molar-refractivity contribution in [3.05, 3.63) is 58.4 Å². The van der Waals surface area contributed by atoms with Crippen molar-refractivity contribution in [1.29, 1.82) is 0 Å². The van der Waals surface area contributed by atoms with E-state index in [1.54, 1.807) is 24.3 Å². The maximum absolute atomic E-state index is 13.4. The molecular formula is C15H14ClFO3. The van der Waals surface area contributed by atoms with Crippen molar-refractivity contribution in [3.8, 4) is 11.5 Å². The number of ether oxygens (including phenoxy) is 2. The Morgan fingerprint density at radius 2 is 1.80 bits per heavy atom. The molecule has 0 radical (unpaired) electrons. The molecule has 1 unspecified atom stereocenters. The van der Waals surface area contributed by atoms with Crippen LogP contribution in [0.5, 0.6) is 11.5 Å². The van der Waals surface area contributed by atoms with Crippen LogP contribution in [0.25, 0.3) is 0 Å². The summed E-state index contributed by atoms with van der Waals surface area (Å²) in [6.07, 6.45) is -1.04. The van der Waals surface area contributed by atoms with Crippen LogP contribution in [-0.2, 0) is 0 Å². The van der Waals surface area contributed by atoms with E-state index in [4.69, 9.17) is 21.1 Å². The lowest BCUT2D eigenvalue weighted by Gasteiger charge is -2.15. The predicted octanol–water partition coefficient (Wildman–Crippen LogP) is 3.58. The molecular weight excluding hydrogens is 283 g/mol. The number of hydrogen-bond donors (Lipinski definition) is 1. The zero-order chi connectivity index (χ0) is 14.7. The first-order valence-corrected chi connectivity index (χ1v) is 6.30. The molecule has 0 aliphatic carbocycles. The number of aliphatic hydroxyl groups is 1. The maximum atomic E-state index is 13.4. The molecule has 1 N–H and O–H groups in total. The summed E-state index contributed by atoms with van der Waals surface area (Å²) in [5, 5.41) is 10.2. The molecule has 0 bridgehead atoms. The van der Waals surface area contributed by atoms with Crippen LogP contribution in [0.1, 0.15) is 17.2 Å². The van der Waals surface area contributed by atoms with Gasteiger partial charge in [0.1, 0.15) is 11.9 Å². The van der Waals surface area contributed by atoms with E-state index in [2.05, 4.69) is 0 Å². The van der Waals surface area contributed by atoms with Crippen LogP contribution in [0.2, 0.25) is 5.02 Å². The lowest BCUT2D eigenvalue weighted by molar-refractivity contribution is 0.219. The Balaban J connectivity index is 2.43. The summed E-state index contributed by atoms with van der Waals surface area (Å²) >= 11 is 5.88. The summed E-state index contributed by atoms with van der Waals surface area (Å²) in [4.78, 5) is 0. The third kappa shape index (κ3) is 2.71. The standard InChI is InChI=1S/C15H14ClFO3/c1-19-12-7-6-9(8-13(12)20-2)15(18)10-4-3-5-11(17)14(10)16/h3-8,15,18H,1-2H3. The summed E-state index contributed by atoms with van der Waals surface area (Å²) in [7, 11) is 3.03. The van der Waals surface area contributed by atoms with Crippen molar-refractivity contribution in [2.24, 2.45) is 0 Å². The van der Waals surface area contributed by atoms with Gasteiger partial charge in [-0.05, 0) is 23.8 Å². The first kappa shape index (κ1) is 14.6. The molecule has 0 aliphatic heterocycles. The minimum Gasteiger partial charge on any atom is -0.493 e. The molecule has 106 valence electrons. The molecule has 2 aromatic rings. The topological polar surface area (TPSA) is 38.7 Å². The Labute approximate surface area is 121 Å². The Bertz CT molecular complexity index is 616. The molecule has 2 rings (SSSR count). The zero-order valence-corrected chi connectivity index (χ0v) is 11.8. The van der Waals surface area contributed by atoms with E-state index in [0.29, 0.717) is 22.6 Å². The van der Waals surface area contributed by atoms with Gasteiger partial charge in [0, 0.05) is 5.56 Å². The van der Waals surface area contributed by atoms with E-state index in [9.17, 15) is 9.50 Å². The number of methoxy groups -OCH3 is 2. The predicted molar refractivity (Wildman–Crippen MR) is 75.0 cm³/mol. The lowest BCUT2D eigenvalue weighted by Crippen LogP contribution is -2.02. The third-order valence-corrected chi connectivity index (χ3v) is 3.40. The largest absolute Gasteiger partial charge is 0.493 e. The van der Waals surface area contributed by atoms with Crippen LogP contribution in [-0.4, -0.2) is 19.3 Å². The summed E-state index contributed by atoms with van der Waals surface area (Å²) < 4.78 is 23.7. The number of rotatable bonds is 4. The van der Waals surface area contributed by atoms with Crippen molar-refractivity contribution in [2.75, 3.05) is 14.2 Å². The Morgan fingerprint density at radius 1 is 1.10 bits per heavy atom. The summed E-state index contributed by atoms with van der Waals surface area (Å²) in [6, 6.07) is 9.29. The molecule has 0 saturated heterocycles. The van der Waals surface area contributed by atoms with Crippen molar-refractivity contribution >= 4 is 11.6 Å². The fourth-order valence-electron chi connectivity index (χ4n) is 1.93. The molecule has 3 nitrogen and oxygen atoms in total. The van der Waals surface area contributed by atoms with E-state index >= 15 is 0 Å². The van der Waals surface area contributed by atoms with Crippen molar-refractivity contribution < 1.29 is 19.0 Å². The summed E-state index contributed by atoms with van der Waals surface area (Å²) in [5.74, 6) is 0.467. The highest BCUT2D eigenvalue weighted by molar-refractivity contribution is 6.31. The van der Waals surface area contributed by atoms with E-state index in [0.717, 1.165) is 0 Å². The average molecular weight is 297 g/mol. The highest BCUT2D eigenvalue weighted by Crippen LogP contribution is 2.34. The Hall–Kier alpha value is -1.78. The summed E-state index contributed by atoms with van der Waals surface area (Å²) in [6.45, 7) is 0. The van der Waals surface area contributed by atoms with Gasteiger partial charge in [-0.15, -0.1) is 0 Å². The second-order valence-electron chi connectivity index (χ2n) is 4.16. The highest BCUT2D eigenvalue weighted by Gasteiger charge is 2.18. The molecule has 0 fully saturated rings. The van der Waals surface area contributed by atoms with Gasteiger partial charge >= 0.3 is 0 Å². The van der Waals surface area contributed by atoms with Crippen LogP contribution in [0.4, 0.5) is 4.39 Å². The van der Waals surface area contributed by atoms with Crippen LogP contribution < -0.4 is 9.47 Å². The van der Waals surface area contributed by atoms with Gasteiger partial charge in [0.2, 0.25) is 0 Å². The fraction of sp³-hybridized carbons (Fsp3) is 0.200. The van der Waals surface area contributed by atoms with Gasteiger partial charge in [-0.25, -0.2) is 4.39 Å². The molecule has 0 aliphatic rings. The minimum absolute atomic E-state index is 0.0882. The van der Waals surface area contributed by atoms with E-state index < -0.39 is 11.9 Å². The Morgan fingerprint density at radius 3 is 2.45 bits per heavy atom. The molecule has 0 saturated carbocycles. The molecule has 5 heteroatoms. The number of aliphatic hydroxyl groups excluding tert-OH is 1.